The normalized spacial score (nSPS) is 15.4. The van der Waals surface area contributed by atoms with Crippen LogP contribution >= 0.6 is 0 Å². The maximum atomic E-state index is 12.4. The van der Waals surface area contributed by atoms with E-state index in [1.54, 1.807) is 11.8 Å². The molecule has 2 amide bonds. The number of hydrogen-bond acceptors (Lipinski definition) is 5. The molecule has 1 aliphatic rings. The molecule has 2 aromatic rings. The summed E-state index contributed by atoms with van der Waals surface area (Å²) < 4.78 is 0. The number of amides is 2. The van der Waals surface area contributed by atoms with Gasteiger partial charge in [-0.05, 0) is 24.6 Å². The van der Waals surface area contributed by atoms with Crippen LogP contribution < -0.4 is 10.2 Å². The van der Waals surface area contributed by atoms with Crippen LogP contribution in [0, 0.1) is 0 Å². The number of pyridine rings is 1. The Balaban J connectivity index is 1.37. The van der Waals surface area contributed by atoms with Crippen LogP contribution in [-0.4, -0.2) is 71.9 Å². The molecule has 1 unspecified atom stereocenters. The van der Waals surface area contributed by atoms with Crippen LogP contribution in [0.15, 0.2) is 54.7 Å². The van der Waals surface area contributed by atoms with Gasteiger partial charge in [0, 0.05) is 71.4 Å². The van der Waals surface area contributed by atoms with Gasteiger partial charge in [0.25, 0.3) is 0 Å². The fourth-order valence-electron chi connectivity index (χ4n) is 3.87. The van der Waals surface area contributed by atoms with E-state index in [-0.39, 0.29) is 17.9 Å². The summed E-state index contributed by atoms with van der Waals surface area (Å²) in [5, 5.41) is 3.08. The van der Waals surface area contributed by atoms with Crippen molar-refractivity contribution in [2.75, 3.05) is 44.2 Å². The van der Waals surface area contributed by atoms with Gasteiger partial charge in [0.05, 0.1) is 0 Å². The second-order valence-electron chi connectivity index (χ2n) is 8.12. The van der Waals surface area contributed by atoms with Crippen molar-refractivity contribution in [3.05, 3.63) is 60.3 Å². The Kier molecular flexibility index (Phi) is 8.41. The van der Waals surface area contributed by atoms with E-state index in [1.165, 1.54) is 0 Å². The molecule has 1 fully saturated rings. The summed E-state index contributed by atoms with van der Waals surface area (Å²) in [7, 11) is 0. The maximum Gasteiger partial charge on any atom is 0.222 e. The first-order chi connectivity index (χ1) is 15.0. The highest BCUT2D eigenvalue weighted by Crippen LogP contribution is 2.12. The molecule has 1 N–H and O–H groups in total. The smallest absolute Gasteiger partial charge is 0.222 e. The zero-order chi connectivity index (χ0) is 22.1. The molecule has 1 aromatic heterocycles. The van der Waals surface area contributed by atoms with Crippen molar-refractivity contribution < 1.29 is 9.59 Å². The Morgan fingerprint density at radius 2 is 1.77 bits per heavy atom. The van der Waals surface area contributed by atoms with Crippen molar-refractivity contribution in [3.8, 4) is 0 Å². The Bertz CT molecular complexity index is 822. The molecule has 0 saturated carbocycles. The summed E-state index contributed by atoms with van der Waals surface area (Å²) in [6.07, 6.45) is 2.14. The highest BCUT2D eigenvalue weighted by atomic mass is 16.2. The van der Waals surface area contributed by atoms with Crippen LogP contribution in [0.25, 0.3) is 0 Å². The predicted molar refractivity (Wildman–Crippen MR) is 123 cm³/mol. The molecule has 31 heavy (non-hydrogen) atoms. The molecule has 166 valence electrons. The zero-order valence-electron chi connectivity index (χ0n) is 18.5. The van der Waals surface area contributed by atoms with Gasteiger partial charge < -0.3 is 15.1 Å². The number of anilines is 1. The van der Waals surface area contributed by atoms with Crippen molar-refractivity contribution >= 4 is 17.6 Å². The van der Waals surface area contributed by atoms with Crippen molar-refractivity contribution in [1.29, 1.82) is 0 Å². The summed E-state index contributed by atoms with van der Waals surface area (Å²) in [5.41, 5.74) is 1.07. The topological polar surface area (TPSA) is 68.8 Å². The fraction of sp³-hybridized carbons (Fsp3) is 0.458. The van der Waals surface area contributed by atoms with E-state index in [0.717, 1.165) is 44.1 Å². The van der Waals surface area contributed by atoms with Gasteiger partial charge in [-0.3, -0.25) is 14.5 Å². The minimum absolute atomic E-state index is 0.0149. The number of piperazine rings is 1. The minimum atomic E-state index is -0.0181. The van der Waals surface area contributed by atoms with Gasteiger partial charge in [0.2, 0.25) is 11.8 Å². The first kappa shape index (κ1) is 22.7. The Morgan fingerprint density at radius 3 is 2.42 bits per heavy atom. The SMILES string of the molecule is CC(=O)N(CCC(=O)NC(C)CN1CCN(c2ccccn2)CC1)Cc1ccccc1. The summed E-state index contributed by atoms with van der Waals surface area (Å²) in [6, 6.07) is 15.9. The third-order valence-corrected chi connectivity index (χ3v) is 5.56. The van der Waals surface area contributed by atoms with Crippen molar-refractivity contribution in [2.24, 2.45) is 0 Å². The lowest BCUT2D eigenvalue weighted by atomic mass is 10.2. The number of carbonyl (C=O) groups is 2. The second kappa shape index (κ2) is 11.5. The molecule has 0 spiro atoms. The third kappa shape index (κ3) is 7.36. The van der Waals surface area contributed by atoms with Gasteiger partial charge in [0.1, 0.15) is 5.82 Å². The first-order valence-electron chi connectivity index (χ1n) is 11.0. The highest BCUT2D eigenvalue weighted by Gasteiger charge is 2.20. The molecule has 0 bridgehead atoms. The van der Waals surface area contributed by atoms with Crippen molar-refractivity contribution in [3.63, 3.8) is 0 Å². The van der Waals surface area contributed by atoms with E-state index >= 15 is 0 Å². The second-order valence-corrected chi connectivity index (χ2v) is 8.12. The van der Waals surface area contributed by atoms with Crippen molar-refractivity contribution in [1.82, 2.24) is 20.1 Å². The molecular weight excluding hydrogens is 390 g/mol. The van der Waals surface area contributed by atoms with Crippen LogP contribution in [0.2, 0.25) is 0 Å². The van der Waals surface area contributed by atoms with Gasteiger partial charge in [-0.1, -0.05) is 36.4 Å². The number of nitrogens with one attached hydrogen (secondary N) is 1. The quantitative estimate of drug-likeness (QED) is 0.669. The fourth-order valence-corrected chi connectivity index (χ4v) is 3.87. The van der Waals surface area contributed by atoms with E-state index < -0.39 is 0 Å². The number of benzene rings is 1. The van der Waals surface area contributed by atoms with Gasteiger partial charge in [-0.25, -0.2) is 4.98 Å². The van der Waals surface area contributed by atoms with Crippen LogP contribution in [0.1, 0.15) is 25.8 Å². The molecule has 0 radical (unpaired) electrons. The molecule has 0 aliphatic carbocycles. The molecule has 3 rings (SSSR count). The van der Waals surface area contributed by atoms with Crippen LogP contribution in [0.3, 0.4) is 0 Å². The number of hydrogen-bond donors (Lipinski definition) is 1. The van der Waals surface area contributed by atoms with Gasteiger partial charge in [-0.15, -0.1) is 0 Å². The Labute approximate surface area is 185 Å². The van der Waals surface area contributed by atoms with E-state index in [1.807, 2.05) is 61.7 Å². The molecule has 1 aromatic carbocycles. The van der Waals surface area contributed by atoms with E-state index in [0.29, 0.717) is 19.5 Å². The lowest BCUT2D eigenvalue weighted by molar-refractivity contribution is -0.130. The lowest BCUT2D eigenvalue weighted by Gasteiger charge is -2.36. The van der Waals surface area contributed by atoms with Crippen LogP contribution in [0.4, 0.5) is 5.82 Å². The summed E-state index contributed by atoms with van der Waals surface area (Å²) in [5.74, 6) is 0.989. The average molecular weight is 424 g/mol. The number of carbonyl (C=O) groups excluding carboxylic acids is 2. The summed E-state index contributed by atoms with van der Waals surface area (Å²) in [6.45, 7) is 9.13. The van der Waals surface area contributed by atoms with Crippen molar-refractivity contribution in [2.45, 2.75) is 32.9 Å². The maximum absolute atomic E-state index is 12.4. The Morgan fingerprint density at radius 1 is 1.06 bits per heavy atom. The third-order valence-electron chi connectivity index (χ3n) is 5.56. The number of aromatic nitrogens is 1. The molecule has 2 heterocycles. The largest absolute Gasteiger partial charge is 0.354 e. The van der Waals surface area contributed by atoms with E-state index in [9.17, 15) is 9.59 Å². The van der Waals surface area contributed by atoms with Gasteiger partial charge in [-0.2, -0.15) is 0 Å². The van der Waals surface area contributed by atoms with Crippen LogP contribution in [0.5, 0.6) is 0 Å². The number of rotatable bonds is 9. The highest BCUT2D eigenvalue weighted by molar-refractivity contribution is 5.78. The van der Waals surface area contributed by atoms with Gasteiger partial charge >= 0.3 is 0 Å². The molecule has 7 nitrogen and oxygen atoms in total. The lowest BCUT2D eigenvalue weighted by Crippen LogP contribution is -2.51. The molecule has 1 atom stereocenters. The average Bonchev–Trinajstić information content (AvgIpc) is 2.78. The minimum Gasteiger partial charge on any atom is -0.354 e. The van der Waals surface area contributed by atoms with Crippen LogP contribution in [-0.2, 0) is 16.1 Å². The van der Waals surface area contributed by atoms with E-state index in [4.69, 9.17) is 0 Å². The Hall–Kier alpha value is -2.93. The molecular formula is C24H33N5O2. The standard InChI is InChI=1S/C24H33N5O2/c1-20(18-27-14-16-28(17-15-27)23-10-6-7-12-25-23)26-24(31)11-13-29(21(2)30)19-22-8-4-3-5-9-22/h3-10,12,20H,11,13-19H2,1-2H3,(H,26,31). The van der Waals surface area contributed by atoms with E-state index in [2.05, 4.69) is 20.1 Å². The molecule has 1 aliphatic heterocycles. The molecule has 1 saturated heterocycles. The monoisotopic (exact) mass is 423 g/mol. The summed E-state index contributed by atoms with van der Waals surface area (Å²) in [4.78, 5) is 35.2. The predicted octanol–water partition coefficient (Wildman–Crippen LogP) is 2.15. The summed E-state index contributed by atoms with van der Waals surface area (Å²) >= 11 is 0. The molecule has 7 heteroatoms. The zero-order valence-corrected chi connectivity index (χ0v) is 18.5. The number of nitrogens with zero attached hydrogens (tertiary/aromatic N) is 4. The first-order valence-corrected chi connectivity index (χ1v) is 11.0. The van der Waals surface area contributed by atoms with Gasteiger partial charge in [0.15, 0.2) is 0 Å².